The fourth-order valence-electron chi connectivity index (χ4n) is 2.36. The van der Waals surface area contributed by atoms with Crippen LogP contribution >= 0.6 is 0 Å². The Morgan fingerprint density at radius 3 is 2.70 bits per heavy atom. The molecule has 0 atom stereocenters. The third-order valence-electron chi connectivity index (χ3n) is 3.68. The smallest absolute Gasteiger partial charge is 0.0642 e. The van der Waals surface area contributed by atoms with E-state index in [0.29, 0.717) is 6.10 Å². The zero-order valence-corrected chi connectivity index (χ0v) is 12.9. The SMILES string of the molecule is CC(C)(C)c1cccc(NCCOC2CCOCC2)c1. The Balaban J connectivity index is 1.73. The van der Waals surface area contributed by atoms with Gasteiger partial charge in [0, 0.05) is 25.4 Å². The summed E-state index contributed by atoms with van der Waals surface area (Å²) in [5.41, 5.74) is 2.72. The summed E-state index contributed by atoms with van der Waals surface area (Å²) in [7, 11) is 0. The minimum Gasteiger partial charge on any atom is -0.383 e. The normalized spacial score (nSPS) is 17.1. The molecule has 1 saturated heterocycles. The van der Waals surface area contributed by atoms with Crippen molar-refractivity contribution in [2.45, 2.75) is 45.1 Å². The minimum atomic E-state index is 0.191. The summed E-state index contributed by atoms with van der Waals surface area (Å²) in [6.07, 6.45) is 2.44. The average Bonchev–Trinajstić information content (AvgIpc) is 2.44. The van der Waals surface area contributed by atoms with E-state index in [1.54, 1.807) is 0 Å². The van der Waals surface area contributed by atoms with Crippen LogP contribution in [0.5, 0.6) is 0 Å². The first kappa shape index (κ1) is 15.3. The first-order valence-corrected chi connectivity index (χ1v) is 7.59. The average molecular weight is 277 g/mol. The molecule has 1 fully saturated rings. The number of hydrogen-bond donors (Lipinski definition) is 1. The highest BCUT2D eigenvalue weighted by Gasteiger charge is 2.14. The van der Waals surface area contributed by atoms with Crippen LogP contribution in [0.15, 0.2) is 24.3 Å². The van der Waals surface area contributed by atoms with Gasteiger partial charge in [-0.1, -0.05) is 32.9 Å². The van der Waals surface area contributed by atoms with Gasteiger partial charge >= 0.3 is 0 Å². The largest absolute Gasteiger partial charge is 0.383 e. The number of nitrogens with one attached hydrogen (secondary N) is 1. The maximum absolute atomic E-state index is 5.86. The van der Waals surface area contributed by atoms with Crippen molar-refractivity contribution in [3.8, 4) is 0 Å². The van der Waals surface area contributed by atoms with Crippen LogP contribution in [0.1, 0.15) is 39.2 Å². The van der Waals surface area contributed by atoms with E-state index in [1.807, 2.05) is 0 Å². The van der Waals surface area contributed by atoms with Gasteiger partial charge in [0.25, 0.3) is 0 Å². The summed E-state index contributed by atoms with van der Waals surface area (Å²) in [6.45, 7) is 9.99. The Labute approximate surface area is 122 Å². The lowest BCUT2D eigenvalue weighted by atomic mass is 9.87. The van der Waals surface area contributed by atoms with Crippen molar-refractivity contribution in [3.05, 3.63) is 29.8 Å². The van der Waals surface area contributed by atoms with Crippen LogP contribution in [-0.2, 0) is 14.9 Å². The summed E-state index contributed by atoms with van der Waals surface area (Å²) in [5.74, 6) is 0. The number of hydrogen-bond acceptors (Lipinski definition) is 3. The van der Waals surface area contributed by atoms with Crippen LogP contribution in [0.2, 0.25) is 0 Å². The fourth-order valence-corrected chi connectivity index (χ4v) is 2.36. The lowest BCUT2D eigenvalue weighted by molar-refractivity contribution is -0.0283. The zero-order chi connectivity index (χ0) is 14.4. The van der Waals surface area contributed by atoms with Crippen LogP contribution in [0.4, 0.5) is 5.69 Å². The van der Waals surface area contributed by atoms with E-state index in [1.165, 1.54) is 11.3 Å². The van der Waals surface area contributed by atoms with E-state index in [2.05, 4.69) is 50.4 Å². The maximum Gasteiger partial charge on any atom is 0.0642 e. The maximum atomic E-state index is 5.86. The van der Waals surface area contributed by atoms with Gasteiger partial charge in [0.15, 0.2) is 0 Å². The molecule has 0 unspecified atom stereocenters. The predicted octanol–water partition coefficient (Wildman–Crippen LogP) is 3.59. The molecule has 2 rings (SSSR count). The first-order chi connectivity index (χ1) is 9.55. The van der Waals surface area contributed by atoms with E-state index < -0.39 is 0 Å². The zero-order valence-electron chi connectivity index (χ0n) is 12.9. The fraction of sp³-hybridized carbons (Fsp3) is 0.647. The molecule has 0 radical (unpaired) electrons. The van der Waals surface area contributed by atoms with E-state index >= 15 is 0 Å². The van der Waals surface area contributed by atoms with Crippen molar-refractivity contribution < 1.29 is 9.47 Å². The van der Waals surface area contributed by atoms with Crippen molar-refractivity contribution in [1.29, 1.82) is 0 Å². The monoisotopic (exact) mass is 277 g/mol. The molecule has 1 aromatic carbocycles. The summed E-state index contributed by atoms with van der Waals surface area (Å²) in [5, 5.41) is 3.44. The van der Waals surface area contributed by atoms with E-state index in [0.717, 1.165) is 39.2 Å². The van der Waals surface area contributed by atoms with Gasteiger partial charge in [-0.15, -0.1) is 0 Å². The van der Waals surface area contributed by atoms with E-state index in [-0.39, 0.29) is 5.41 Å². The van der Waals surface area contributed by atoms with E-state index in [9.17, 15) is 0 Å². The quantitative estimate of drug-likeness (QED) is 0.834. The number of anilines is 1. The highest BCUT2D eigenvalue weighted by atomic mass is 16.5. The Morgan fingerprint density at radius 2 is 2.00 bits per heavy atom. The van der Waals surface area contributed by atoms with Gasteiger partial charge in [-0.3, -0.25) is 0 Å². The number of ether oxygens (including phenoxy) is 2. The lowest BCUT2D eigenvalue weighted by Gasteiger charge is -2.23. The van der Waals surface area contributed by atoms with Crippen molar-refractivity contribution in [2.75, 3.05) is 31.7 Å². The molecule has 20 heavy (non-hydrogen) atoms. The van der Waals surface area contributed by atoms with Gasteiger partial charge in [-0.2, -0.15) is 0 Å². The molecule has 0 amide bonds. The van der Waals surface area contributed by atoms with Gasteiger partial charge in [-0.25, -0.2) is 0 Å². The standard InChI is InChI=1S/C17H27NO2/c1-17(2,3)14-5-4-6-15(13-14)18-9-12-20-16-7-10-19-11-8-16/h4-6,13,16,18H,7-12H2,1-3H3. The summed E-state index contributed by atoms with van der Waals surface area (Å²) in [4.78, 5) is 0. The van der Waals surface area contributed by atoms with Crippen LogP contribution < -0.4 is 5.32 Å². The highest BCUT2D eigenvalue weighted by Crippen LogP contribution is 2.24. The van der Waals surface area contributed by atoms with Gasteiger partial charge < -0.3 is 14.8 Å². The van der Waals surface area contributed by atoms with Crippen molar-refractivity contribution in [2.24, 2.45) is 0 Å². The van der Waals surface area contributed by atoms with Gasteiger partial charge in [0.2, 0.25) is 0 Å². The van der Waals surface area contributed by atoms with Gasteiger partial charge in [0.1, 0.15) is 0 Å². The molecule has 112 valence electrons. The van der Waals surface area contributed by atoms with E-state index in [4.69, 9.17) is 9.47 Å². The Hall–Kier alpha value is -1.06. The number of rotatable bonds is 5. The molecular weight excluding hydrogens is 250 g/mol. The van der Waals surface area contributed by atoms with Crippen molar-refractivity contribution in [3.63, 3.8) is 0 Å². The lowest BCUT2D eigenvalue weighted by Crippen LogP contribution is -2.25. The molecule has 3 heteroatoms. The van der Waals surface area contributed by atoms with Crippen molar-refractivity contribution in [1.82, 2.24) is 0 Å². The molecule has 1 aliphatic heterocycles. The number of benzene rings is 1. The third kappa shape index (κ3) is 4.80. The third-order valence-corrected chi connectivity index (χ3v) is 3.68. The molecule has 1 heterocycles. The predicted molar refractivity (Wildman–Crippen MR) is 83.4 cm³/mol. The summed E-state index contributed by atoms with van der Waals surface area (Å²) < 4.78 is 11.2. The molecule has 0 bridgehead atoms. The highest BCUT2D eigenvalue weighted by molar-refractivity contribution is 5.47. The molecular formula is C17H27NO2. The molecule has 1 aromatic rings. The van der Waals surface area contributed by atoms with Gasteiger partial charge in [0.05, 0.1) is 12.7 Å². The van der Waals surface area contributed by atoms with Gasteiger partial charge in [-0.05, 0) is 36.0 Å². The Bertz CT molecular complexity index is 406. The molecule has 3 nitrogen and oxygen atoms in total. The molecule has 0 aromatic heterocycles. The summed E-state index contributed by atoms with van der Waals surface area (Å²) in [6, 6.07) is 8.64. The second-order valence-electron chi connectivity index (χ2n) is 6.44. The second kappa shape index (κ2) is 7.09. The summed E-state index contributed by atoms with van der Waals surface area (Å²) >= 11 is 0. The molecule has 0 aliphatic carbocycles. The molecule has 1 aliphatic rings. The Morgan fingerprint density at radius 1 is 1.25 bits per heavy atom. The topological polar surface area (TPSA) is 30.5 Å². The van der Waals surface area contributed by atoms with Crippen LogP contribution in [0.3, 0.4) is 0 Å². The Kier molecular flexibility index (Phi) is 5.44. The second-order valence-corrected chi connectivity index (χ2v) is 6.44. The van der Waals surface area contributed by atoms with Crippen molar-refractivity contribution >= 4 is 5.69 Å². The molecule has 0 spiro atoms. The minimum absolute atomic E-state index is 0.191. The molecule has 1 N–H and O–H groups in total. The van der Waals surface area contributed by atoms with Crippen LogP contribution in [-0.4, -0.2) is 32.5 Å². The van der Waals surface area contributed by atoms with Crippen LogP contribution in [0, 0.1) is 0 Å². The van der Waals surface area contributed by atoms with Crippen LogP contribution in [0.25, 0.3) is 0 Å². The first-order valence-electron chi connectivity index (χ1n) is 7.59. The molecule has 0 saturated carbocycles.